The summed E-state index contributed by atoms with van der Waals surface area (Å²) in [6, 6.07) is 17.3. The zero-order valence-corrected chi connectivity index (χ0v) is 12.9. The van der Waals surface area contributed by atoms with E-state index in [1.165, 1.54) is 0 Å². The minimum absolute atomic E-state index is 0.429. The maximum Gasteiger partial charge on any atom is 0.321 e. The van der Waals surface area contributed by atoms with Crippen molar-refractivity contribution in [3.05, 3.63) is 66.4 Å². The van der Waals surface area contributed by atoms with Gasteiger partial charge in [-0.25, -0.2) is 0 Å². The highest BCUT2D eigenvalue weighted by Crippen LogP contribution is 2.30. The summed E-state index contributed by atoms with van der Waals surface area (Å²) in [6.45, 7) is 0. The lowest BCUT2D eigenvalue weighted by molar-refractivity contribution is -0.139. The van der Waals surface area contributed by atoms with Gasteiger partial charge in [-0.3, -0.25) is 9.78 Å². The average molecular weight is 306 g/mol. The van der Waals surface area contributed by atoms with Crippen LogP contribution in [0.15, 0.2) is 60.8 Å². The van der Waals surface area contributed by atoms with E-state index in [1.807, 2.05) is 48.5 Å². The second-order valence-electron chi connectivity index (χ2n) is 5.42. The first-order chi connectivity index (χ1) is 11.2. The largest absolute Gasteiger partial charge is 0.480 e. The molecule has 0 bridgehead atoms. The van der Waals surface area contributed by atoms with E-state index in [1.54, 1.807) is 13.2 Å². The lowest BCUT2D eigenvalue weighted by atomic mass is 9.93. The zero-order valence-electron chi connectivity index (χ0n) is 12.9. The van der Waals surface area contributed by atoms with Crippen LogP contribution in [-0.2, 0) is 11.2 Å². The Bertz CT molecular complexity index is 840. The highest BCUT2D eigenvalue weighted by molar-refractivity contribution is 5.95. The Kier molecular flexibility index (Phi) is 4.35. The van der Waals surface area contributed by atoms with Crippen LogP contribution in [-0.4, -0.2) is 29.1 Å². The SMILES string of the molecule is CN[C@@H](Cc1ccccc1-c1cccc2ncccc12)C(=O)O. The van der Waals surface area contributed by atoms with Crippen molar-refractivity contribution in [3.63, 3.8) is 0 Å². The molecule has 1 heterocycles. The van der Waals surface area contributed by atoms with Crippen LogP contribution in [0.25, 0.3) is 22.0 Å². The number of aliphatic carboxylic acids is 1. The molecule has 116 valence electrons. The Labute approximate surface area is 134 Å². The van der Waals surface area contributed by atoms with E-state index < -0.39 is 12.0 Å². The van der Waals surface area contributed by atoms with Crippen molar-refractivity contribution in [3.8, 4) is 11.1 Å². The maximum atomic E-state index is 11.3. The van der Waals surface area contributed by atoms with Gasteiger partial charge in [0, 0.05) is 11.6 Å². The fourth-order valence-electron chi connectivity index (χ4n) is 2.83. The van der Waals surface area contributed by atoms with E-state index >= 15 is 0 Å². The minimum Gasteiger partial charge on any atom is -0.480 e. The Morgan fingerprint density at radius 2 is 1.87 bits per heavy atom. The molecule has 0 spiro atoms. The van der Waals surface area contributed by atoms with Crippen molar-refractivity contribution >= 4 is 16.9 Å². The average Bonchev–Trinajstić information content (AvgIpc) is 2.59. The van der Waals surface area contributed by atoms with Crippen molar-refractivity contribution in [2.24, 2.45) is 0 Å². The number of fused-ring (bicyclic) bond motifs is 1. The van der Waals surface area contributed by atoms with Gasteiger partial charge in [-0.15, -0.1) is 0 Å². The highest BCUT2D eigenvalue weighted by Gasteiger charge is 2.18. The molecule has 1 atom stereocenters. The molecule has 3 aromatic rings. The molecule has 0 aliphatic rings. The maximum absolute atomic E-state index is 11.3. The van der Waals surface area contributed by atoms with E-state index in [0.29, 0.717) is 6.42 Å². The van der Waals surface area contributed by atoms with E-state index in [0.717, 1.165) is 27.6 Å². The molecule has 4 heteroatoms. The zero-order chi connectivity index (χ0) is 16.2. The molecule has 2 aromatic carbocycles. The first kappa shape index (κ1) is 15.2. The number of nitrogens with zero attached hydrogens (tertiary/aromatic N) is 1. The number of pyridine rings is 1. The second-order valence-corrected chi connectivity index (χ2v) is 5.42. The third kappa shape index (κ3) is 3.07. The first-order valence-corrected chi connectivity index (χ1v) is 7.53. The second kappa shape index (κ2) is 6.58. The molecule has 0 saturated heterocycles. The normalized spacial score (nSPS) is 12.2. The van der Waals surface area contributed by atoms with Crippen LogP contribution >= 0.6 is 0 Å². The molecular weight excluding hydrogens is 288 g/mol. The molecule has 2 N–H and O–H groups in total. The Balaban J connectivity index is 2.11. The molecule has 1 aromatic heterocycles. The number of aromatic nitrogens is 1. The van der Waals surface area contributed by atoms with Gasteiger partial charge in [0.2, 0.25) is 0 Å². The molecular formula is C19H18N2O2. The third-order valence-corrected chi connectivity index (χ3v) is 4.02. The topological polar surface area (TPSA) is 62.2 Å². The molecule has 3 rings (SSSR count). The van der Waals surface area contributed by atoms with Crippen LogP contribution in [0.4, 0.5) is 0 Å². The summed E-state index contributed by atoms with van der Waals surface area (Å²) in [7, 11) is 1.67. The first-order valence-electron chi connectivity index (χ1n) is 7.53. The number of hydrogen-bond acceptors (Lipinski definition) is 3. The molecule has 0 radical (unpaired) electrons. The van der Waals surface area contributed by atoms with Gasteiger partial charge in [0.1, 0.15) is 6.04 Å². The summed E-state index contributed by atoms with van der Waals surface area (Å²) in [5, 5.41) is 13.2. The predicted molar refractivity (Wildman–Crippen MR) is 91.4 cm³/mol. The molecule has 0 amide bonds. The van der Waals surface area contributed by atoms with Gasteiger partial charge in [0.25, 0.3) is 0 Å². The van der Waals surface area contributed by atoms with Gasteiger partial charge in [-0.05, 0) is 42.3 Å². The van der Waals surface area contributed by atoms with Gasteiger partial charge in [0.15, 0.2) is 0 Å². The standard InChI is InChI=1S/C19H18N2O2/c1-20-18(19(22)23)12-13-6-2-3-7-14(13)15-8-4-10-17-16(15)9-5-11-21-17/h2-11,18,20H,12H2,1H3,(H,22,23)/t18-/m0/s1. The Morgan fingerprint density at radius 1 is 1.09 bits per heavy atom. The highest BCUT2D eigenvalue weighted by atomic mass is 16.4. The fourth-order valence-corrected chi connectivity index (χ4v) is 2.83. The number of carboxylic acid groups (broad SMARTS) is 1. The molecule has 0 fully saturated rings. The lowest BCUT2D eigenvalue weighted by Gasteiger charge is -2.16. The van der Waals surface area contributed by atoms with Crippen molar-refractivity contribution in [2.75, 3.05) is 7.05 Å². The number of likely N-dealkylation sites (N-methyl/N-ethyl adjacent to an activating group) is 1. The quantitative estimate of drug-likeness (QED) is 0.760. The van der Waals surface area contributed by atoms with E-state index in [4.69, 9.17) is 0 Å². The monoisotopic (exact) mass is 306 g/mol. The summed E-state index contributed by atoms with van der Waals surface area (Å²) in [6.07, 6.45) is 2.21. The molecule has 0 unspecified atom stereocenters. The van der Waals surface area contributed by atoms with E-state index in [9.17, 15) is 9.90 Å². The molecule has 0 saturated carbocycles. The van der Waals surface area contributed by atoms with Gasteiger partial charge in [0.05, 0.1) is 5.52 Å². The van der Waals surface area contributed by atoms with Gasteiger partial charge < -0.3 is 10.4 Å². The molecule has 4 nitrogen and oxygen atoms in total. The van der Waals surface area contributed by atoms with Gasteiger partial charge >= 0.3 is 5.97 Å². The summed E-state index contributed by atoms with van der Waals surface area (Å²) in [5.41, 5.74) is 4.06. The van der Waals surface area contributed by atoms with Crippen LogP contribution in [0.1, 0.15) is 5.56 Å². The van der Waals surface area contributed by atoms with Gasteiger partial charge in [-0.2, -0.15) is 0 Å². The van der Waals surface area contributed by atoms with Crippen molar-refractivity contribution < 1.29 is 9.90 Å². The van der Waals surface area contributed by atoms with Crippen LogP contribution in [0.3, 0.4) is 0 Å². The van der Waals surface area contributed by atoms with Crippen LogP contribution in [0.2, 0.25) is 0 Å². The van der Waals surface area contributed by atoms with E-state index in [2.05, 4.69) is 16.4 Å². The predicted octanol–water partition coefficient (Wildman–Crippen LogP) is 3.12. The van der Waals surface area contributed by atoms with E-state index in [-0.39, 0.29) is 0 Å². The number of carboxylic acids is 1. The summed E-state index contributed by atoms with van der Waals surface area (Å²) in [5.74, 6) is -0.845. The number of rotatable bonds is 5. The van der Waals surface area contributed by atoms with Crippen LogP contribution in [0, 0.1) is 0 Å². The number of nitrogens with one attached hydrogen (secondary N) is 1. The lowest BCUT2D eigenvalue weighted by Crippen LogP contribution is -2.35. The Morgan fingerprint density at radius 3 is 2.65 bits per heavy atom. The number of benzene rings is 2. The summed E-state index contributed by atoms with van der Waals surface area (Å²) < 4.78 is 0. The molecule has 0 aliphatic heterocycles. The molecule has 0 aliphatic carbocycles. The molecule has 23 heavy (non-hydrogen) atoms. The van der Waals surface area contributed by atoms with Gasteiger partial charge in [-0.1, -0.05) is 42.5 Å². The van der Waals surface area contributed by atoms with Crippen molar-refractivity contribution in [1.29, 1.82) is 0 Å². The summed E-state index contributed by atoms with van der Waals surface area (Å²) >= 11 is 0. The Hall–Kier alpha value is -2.72. The number of hydrogen-bond donors (Lipinski definition) is 2. The van der Waals surface area contributed by atoms with Crippen LogP contribution in [0.5, 0.6) is 0 Å². The van der Waals surface area contributed by atoms with Crippen LogP contribution < -0.4 is 5.32 Å². The number of carbonyl (C=O) groups is 1. The fraction of sp³-hybridized carbons (Fsp3) is 0.158. The third-order valence-electron chi connectivity index (χ3n) is 4.02. The van der Waals surface area contributed by atoms with Crippen molar-refractivity contribution in [1.82, 2.24) is 10.3 Å². The smallest absolute Gasteiger partial charge is 0.321 e. The van der Waals surface area contributed by atoms with Crippen molar-refractivity contribution in [2.45, 2.75) is 12.5 Å². The summed E-state index contributed by atoms with van der Waals surface area (Å²) in [4.78, 5) is 15.7. The minimum atomic E-state index is -0.845.